The molecule has 3 aromatic heterocycles. The third kappa shape index (κ3) is 9.54. The van der Waals surface area contributed by atoms with E-state index < -0.39 is 47.4 Å². The van der Waals surface area contributed by atoms with Crippen LogP contribution in [-0.2, 0) is 23.9 Å². The Labute approximate surface area is 392 Å². The van der Waals surface area contributed by atoms with Gasteiger partial charge in [-0.3, -0.25) is 28.7 Å². The molecule has 2 saturated heterocycles. The van der Waals surface area contributed by atoms with Gasteiger partial charge in [0.2, 0.25) is 17.7 Å². The molecule has 5 aromatic rings. The van der Waals surface area contributed by atoms with Crippen molar-refractivity contribution in [3.63, 3.8) is 0 Å². The number of aliphatic carboxylic acids is 1. The summed E-state index contributed by atoms with van der Waals surface area (Å²) in [4.78, 5) is 68.7. The molecule has 0 radical (unpaired) electrons. The highest BCUT2D eigenvalue weighted by Gasteiger charge is 2.45. The molecule has 2 aromatic carbocycles. The molecule has 348 valence electrons. The standard InChI is InChI=1S/C48H57N9O7S2/c1-25-28(4)66-47-40(25)41(51-36(20-39(60)61)44-54-53-29(5)57(44)47)31-13-15-33(16-14-31)55-18-17-35(22-55)64-23-38(59)52-43(48(6,7)8)46(63)56-21-34(58)19-37(56)45(62)50-26(2)30-9-11-32(12-10-30)42-27(3)49-24-65-42/h9-16,24,26,34-37,43,58H,17-23H2,1-8H3,(H,50,62)(H,52,59)(H,60,61)/t26-,34+,35-,36-,37-,43+/m0/s1. The van der Waals surface area contributed by atoms with Gasteiger partial charge in [0.15, 0.2) is 5.82 Å². The molecule has 0 unspecified atom stereocenters. The summed E-state index contributed by atoms with van der Waals surface area (Å²) in [6.07, 6.45) is -0.575. The molecule has 2 fully saturated rings. The number of carbonyl (C=O) groups excluding carboxylic acids is 3. The predicted octanol–water partition coefficient (Wildman–Crippen LogP) is 6.02. The number of nitrogens with zero attached hydrogens (tertiary/aromatic N) is 7. The van der Waals surface area contributed by atoms with Crippen molar-refractivity contribution in [3.8, 4) is 15.4 Å². The van der Waals surface area contributed by atoms with Crippen LogP contribution in [0.2, 0.25) is 0 Å². The number of thiazole rings is 1. The fourth-order valence-electron chi connectivity index (χ4n) is 9.03. The SMILES string of the molecule is Cc1ncsc1-c1ccc([C@H](C)NC(=O)[C@@H]2C[C@@H](O)CN2C(=O)[C@@H](NC(=O)CO[C@H]2CCN(c3ccc(C4=N[C@@H](CC(=O)O)c5nnc(C)n5-c5sc(C)c(C)c54)cc3)C2)C(C)(C)C)cc1. The molecular weight excluding hydrogens is 879 g/mol. The number of aliphatic imine (C=N–C) groups is 1. The van der Waals surface area contributed by atoms with Crippen LogP contribution in [0.15, 0.2) is 59.0 Å². The number of anilines is 1. The van der Waals surface area contributed by atoms with Gasteiger partial charge in [-0.15, -0.1) is 32.9 Å². The van der Waals surface area contributed by atoms with Crippen LogP contribution < -0.4 is 15.5 Å². The average Bonchev–Trinajstić information content (AvgIpc) is 4.12. The number of carboxylic acid groups (broad SMARTS) is 1. The monoisotopic (exact) mass is 935 g/mol. The van der Waals surface area contributed by atoms with Crippen molar-refractivity contribution in [2.45, 2.75) is 111 Å². The van der Waals surface area contributed by atoms with E-state index in [-0.39, 0.29) is 44.0 Å². The number of rotatable bonds is 13. The molecule has 3 amide bonds. The number of likely N-dealkylation sites (tertiary alicyclic amines) is 1. The lowest BCUT2D eigenvalue weighted by Gasteiger charge is -2.35. The number of ether oxygens (including phenoxy) is 1. The first kappa shape index (κ1) is 46.7. The Bertz CT molecular complexity index is 2670. The summed E-state index contributed by atoms with van der Waals surface area (Å²) in [6, 6.07) is 13.0. The van der Waals surface area contributed by atoms with Crippen molar-refractivity contribution >= 4 is 57.8 Å². The van der Waals surface area contributed by atoms with Gasteiger partial charge in [-0.05, 0) is 75.3 Å². The number of aliphatic hydroxyl groups is 1. The third-order valence-corrected chi connectivity index (χ3v) is 14.9. The number of amides is 3. The maximum Gasteiger partial charge on any atom is 0.306 e. The molecule has 16 nitrogen and oxygen atoms in total. The first-order valence-corrected chi connectivity index (χ1v) is 24.0. The zero-order valence-electron chi connectivity index (χ0n) is 38.5. The number of aromatic nitrogens is 4. The minimum Gasteiger partial charge on any atom is -0.481 e. The van der Waals surface area contributed by atoms with E-state index in [1.807, 2.05) is 100 Å². The smallest absolute Gasteiger partial charge is 0.306 e. The van der Waals surface area contributed by atoms with Gasteiger partial charge in [-0.2, -0.15) is 0 Å². The molecule has 3 aliphatic rings. The van der Waals surface area contributed by atoms with Crippen LogP contribution in [0, 0.1) is 33.1 Å². The second kappa shape index (κ2) is 18.8. The van der Waals surface area contributed by atoms with Gasteiger partial charge in [-0.1, -0.05) is 57.2 Å². The largest absolute Gasteiger partial charge is 0.481 e. The van der Waals surface area contributed by atoms with Crippen molar-refractivity contribution in [1.29, 1.82) is 0 Å². The Hall–Kier alpha value is -5.82. The number of thiophene rings is 1. The van der Waals surface area contributed by atoms with E-state index in [0.717, 1.165) is 54.0 Å². The molecule has 4 N–H and O–H groups in total. The summed E-state index contributed by atoms with van der Waals surface area (Å²) in [5.74, 6) is -1.06. The van der Waals surface area contributed by atoms with Crippen LogP contribution in [0.25, 0.3) is 15.4 Å². The lowest BCUT2D eigenvalue weighted by atomic mass is 9.85. The summed E-state index contributed by atoms with van der Waals surface area (Å²) in [5, 5.41) is 36.0. The molecule has 8 rings (SSSR count). The zero-order valence-corrected chi connectivity index (χ0v) is 40.1. The maximum absolute atomic E-state index is 14.2. The quantitative estimate of drug-likeness (QED) is 0.108. The molecular formula is C48H57N9O7S2. The second-order valence-electron chi connectivity index (χ2n) is 18.6. The minimum atomic E-state index is -0.981. The Morgan fingerprint density at radius 3 is 2.33 bits per heavy atom. The summed E-state index contributed by atoms with van der Waals surface area (Å²) >= 11 is 3.19. The van der Waals surface area contributed by atoms with Crippen LogP contribution in [0.4, 0.5) is 5.69 Å². The Kier molecular flexibility index (Phi) is 13.3. The number of benzene rings is 2. The highest BCUT2D eigenvalue weighted by Crippen LogP contribution is 2.40. The molecule has 6 heterocycles. The Balaban J connectivity index is 0.881. The highest BCUT2D eigenvalue weighted by molar-refractivity contribution is 7.15. The first-order valence-electron chi connectivity index (χ1n) is 22.3. The van der Waals surface area contributed by atoms with Crippen LogP contribution in [0.5, 0.6) is 0 Å². The van der Waals surface area contributed by atoms with Gasteiger partial charge in [0.05, 0.1) is 46.5 Å². The number of nitrogens with one attached hydrogen (secondary N) is 2. The maximum atomic E-state index is 14.2. The lowest BCUT2D eigenvalue weighted by Crippen LogP contribution is -2.58. The summed E-state index contributed by atoms with van der Waals surface area (Å²) in [6.45, 7) is 16.4. The van der Waals surface area contributed by atoms with Gasteiger partial charge in [0.25, 0.3) is 0 Å². The molecule has 0 bridgehead atoms. The van der Waals surface area contributed by atoms with E-state index in [4.69, 9.17) is 9.73 Å². The number of carboxylic acids is 1. The normalized spacial score (nSPS) is 20.3. The minimum absolute atomic E-state index is 0.0247. The number of hydrogen-bond acceptors (Lipinski definition) is 13. The van der Waals surface area contributed by atoms with Gasteiger partial charge in [-0.25, -0.2) is 4.98 Å². The zero-order chi connectivity index (χ0) is 47.2. The molecule has 0 saturated carbocycles. The second-order valence-corrected chi connectivity index (χ2v) is 20.6. The predicted molar refractivity (Wildman–Crippen MR) is 253 cm³/mol. The molecule has 18 heteroatoms. The number of β-amino-alcohol motifs (C(OH)–C–C–N with tert-alkyl or cyclic N) is 1. The topological polar surface area (TPSA) is 204 Å². The summed E-state index contributed by atoms with van der Waals surface area (Å²) in [5.41, 5.74) is 8.55. The van der Waals surface area contributed by atoms with Gasteiger partial charge < -0.3 is 35.4 Å². The number of hydrogen-bond donors (Lipinski definition) is 4. The van der Waals surface area contributed by atoms with Crippen molar-refractivity contribution in [2.24, 2.45) is 10.4 Å². The Morgan fingerprint density at radius 1 is 0.955 bits per heavy atom. The molecule has 3 aliphatic heterocycles. The van der Waals surface area contributed by atoms with Crippen LogP contribution in [-0.4, -0.2) is 115 Å². The fraction of sp³-hybridized carbons (Fsp3) is 0.458. The average molecular weight is 936 g/mol. The van der Waals surface area contributed by atoms with E-state index in [1.54, 1.807) is 22.7 Å². The number of carbonyl (C=O) groups is 4. The van der Waals surface area contributed by atoms with Crippen molar-refractivity contribution in [3.05, 3.63) is 98.5 Å². The summed E-state index contributed by atoms with van der Waals surface area (Å²) < 4.78 is 8.07. The van der Waals surface area contributed by atoms with Crippen LogP contribution in [0.3, 0.4) is 0 Å². The van der Waals surface area contributed by atoms with Gasteiger partial charge in [0.1, 0.15) is 35.6 Å². The van der Waals surface area contributed by atoms with Crippen molar-refractivity contribution in [2.75, 3.05) is 31.1 Å². The number of fused-ring (bicyclic) bond motifs is 3. The first-order chi connectivity index (χ1) is 31.4. The van der Waals surface area contributed by atoms with E-state index in [0.29, 0.717) is 36.9 Å². The summed E-state index contributed by atoms with van der Waals surface area (Å²) in [7, 11) is 0. The molecule has 0 aliphatic carbocycles. The van der Waals surface area contributed by atoms with Crippen LogP contribution >= 0.6 is 22.7 Å². The molecule has 6 atom stereocenters. The van der Waals surface area contributed by atoms with Gasteiger partial charge in [0, 0.05) is 47.7 Å². The number of aliphatic hydroxyl groups excluding tert-OH is 1. The highest BCUT2D eigenvalue weighted by atomic mass is 32.1. The van der Waals surface area contributed by atoms with Gasteiger partial charge >= 0.3 is 5.97 Å². The lowest BCUT2D eigenvalue weighted by molar-refractivity contribution is -0.145. The van der Waals surface area contributed by atoms with E-state index in [9.17, 15) is 29.4 Å². The van der Waals surface area contributed by atoms with E-state index in [1.165, 1.54) is 4.90 Å². The fourth-order valence-corrected chi connectivity index (χ4v) is 11.1. The molecule has 0 spiro atoms. The van der Waals surface area contributed by atoms with Crippen LogP contribution in [0.1, 0.15) is 104 Å². The van der Waals surface area contributed by atoms with E-state index in [2.05, 4.69) is 44.6 Å². The number of aryl methyl sites for hydroxylation is 3. The third-order valence-electron chi connectivity index (χ3n) is 12.8. The molecule has 66 heavy (non-hydrogen) atoms. The van der Waals surface area contributed by atoms with E-state index >= 15 is 0 Å². The van der Waals surface area contributed by atoms with Crippen molar-refractivity contribution in [1.82, 2.24) is 35.3 Å². The van der Waals surface area contributed by atoms with Crippen molar-refractivity contribution < 1.29 is 34.1 Å². The Morgan fingerprint density at radius 2 is 1.67 bits per heavy atom.